The number of nitrogens with two attached hydrogens (primary N) is 1. The van der Waals surface area contributed by atoms with Crippen molar-refractivity contribution in [2.24, 2.45) is 5.73 Å². The minimum Gasteiger partial charge on any atom is -0.486 e. The molecule has 0 unspecified atom stereocenters. The molecule has 5 nitrogen and oxygen atoms in total. The van der Waals surface area contributed by atoms with Crippen molar-refractivity contribution < 1.29 is 4.74 Å². The van der Waals surface area contributed by atoms with Crippen molar-refractivity contribution >= 4 is 5.82 Å². The van der Waals surface area contributed by atoms with Crippen LogP contribution < -0.4 is 15.8 Å². The Labute approximate surface area is 130 Å². The minimum absolute atomic E-state index is 0.383. The largest absolute Gasteiger partial charge is 0.486 e. The molecule has 3 N–H and O–H groups in total. The van der Waals surface area contributed by atoms with Crippen molar-refractivity contribution in [1.82, 2.24) is 9.97 Å². The fourth-order valence-corrected chi connectivity index (χ4v) is 2.67. The first-order valence-electron chi connectivity index (χ1n) is 7.78. The van der Waals surface area contributed by atoms with Gasteiger partial charge in [-0.15, -0.1) is 0 Å². The van der Waals surface area contributed by atoms with Crippen molar-refractivity contribution in [1.29, 1.82) is 0 Å². The quantitative estimate of drug-likeness (QED) is 0.855. The molecule has 5 heteroatoms. The van der Waals surface area contributed by atoms with Gasteiger partial charge in [0.1, 0.15) is 18.2 Å². The SMILES string of the molecule is Cc1ccc(OCc2nc3c(c(NCCN)n2)CCC3)cc1. The Morgan fingerprint density at radius 2 is 2.00 bits per heavy atom. The molecule has 0 fully saturated rings. The van der Waals surface area contributed by atoms with Gasteiger partial charge in [-0.2, -0.15) is 0 Å². The first kappa shape index (κ1) is 14.8. The number of anilines is 1. The molecule has 1 heterocycles. The molecule has 2 aromatic rings. The number of hydrogen-bond donors (Lipinski definition) is 2. The molecule has 3 rings (SSSR count). The molecular weight excluding hydrogens is 276 g/mol. The van der Waals surface area contributed by atoms with E-state index < -0.39 is 0 Å². The lowest BCUT2D eigenvalue weighted by Crippen LogP contribution is -2.17. The van der Waals surface area contributed by atoms with E-state index in [-0.39, 0.29) is 0 Å². The highest BCUT2D eigenvalue weighted by atomic mass is 16.5. The van der Waals surface area contributed by atoms with Crippen molar-refractivity contribution in [2.45, 2.75) is 32.8 Å². The van der Waals surface area contributed by atoms with Gasteiger partial charge in [-0.3, -0.25) is 0 Å². The topological polar surface area (TPSA) is 73.1 Å². The van der Waals surface area contributed by atoms with E-state index in [1.807, 2.05) is 24.3 Å². The van der Waals surface area contributed by atoms with Crippen LogP contribution in [0, 0.1) is 6.92 Å². The molecule has 0 saturated heterocycles. The highest BCUT2D eigenvalue weighted by Gasteiger charge is 2.19. The summed E-state index contributed by atoms with van der Waals surface area (Å²) >= 11 is 0. The fourth-order valence-electron chi connectivity index (χ4n) is 2.67. The van der Waals surface area contributed by atoms with Crippen LogP contribution >= 0.6 is 0 Å². The molecule has 0 saturated carbocycles. The zero-order chi connectivity index (χ0) is 15.4. The molecule has 116 valence electrons. The molecule has 0 spiro atoms. The van der Waals surface area contributed by atoms with Crippen LogP contribution in [0.5, 0.6) is 5.75 Å². The van der Waals surface area contributed by atoms with Gasteiger partial charge in [0.15, 0.2) is 5.82 Å². The van der Waals surface area contributed by atoms with Gasteiger partial charge in [-0.1, -0.05) is 17.7 Å². The monoisotopic (exact) mass is 298 g/mol. The van der Waals surface area contributed by atoms with E-state index in [0.29, 0.717) is 13.2 Å². The van der Waals surface area contributed by atoms with Crippen LogP contribution in [-0.2, 0) is 19.4 Å². The van der Waals surface area contributed by atoms with Crippen LogP contribution in [0.15, 0.2) is 24.3 Å². The molecule has 1 aromatic carbocycles. The predicted molar refractivity (Wildman–Crippen MR) is 87.1 cm³/mol. The molecule has 1 aliphatic carbocycles. The average molecular weight is 298 g/mol. The number of aryl methyl sites for hydroxylation is 2. The van der Waals surface area contributed by atoms with E-state index >= 15 is 0 Å². The average Bonchev–Trinajstić information content (AvgIpc) is 3.00. The van der Waals surface area contributed by atoms with E-state index in [1.165, 1.54) is 11.1 Å². The number of benzene rings is 1. The summed E-state index contributed by atoms with van der Waals surface area (Å²) in [5.74, 6) is 2.49. The molecule has 0 bridgehead atoms. The maximum atomic E-state index is 5.79. The third-order valence-electron chi connectivity index (χ3n) is 3.81. The van der Waals surface area contributed by atoms with Crippen molar-refractivity contribution in [3.8, 4) is 5.75 Å². The lowest BCUT2D eigenvalue weighted by atomic mass is 10.2. The lowest BCUT2D eigenvalue weighted by molar-refractivity contribution is 0.295. The Morgan fingerprint density at radius 3 is 2.77 bits per heavy atom. The van der Waals surface area contributed by atoms with E-state index in [4.69, 9.17) is 10.5 Å². The van der Waals surface area contributed by atoms with Crippen LogP contribution in [0.25, 0.3) is 0 Å². The highest BCUT2D eigenvalue weighted by Crippen LogP contribution is 2.26. The number of aromatic nitrogens is 2. The molecule has 0 atom stereocenters. The first-order chi connectivity index (χ1) is 10.8. The van der Waals surface area contributed by atoms with Crippen molar-refractivity contribution in [3.63, 3.8) is 0 Å². The summed E-state index contributed by atoms with van der Waals surface area (Å²) in [6.45, 7) is 3.76. The molecular formula is C17H22N4O. The Hall–Kier alpha value is -2.14. The lowest BCUT2D eigenvalue weighted by Gasteiger charge is -2.12. The van der Waals surface area contributed by atoms with Gasteiger partial charge in [0, 0.05) is 24.3 Å². The van der Waals surface area contributed by atoms with Crippen LogP contribution in [0.3, 0.4) is 0 Å². The Bertz CT molecular complexity index is 640. The molecule has 0 radical (unpaired) electrons. The number of ether oxygens (including phenoxy) is 1. The van der Waals surface area contributed by atoms with E-state index in [9.17, 15) is 0 Å². The summed E-state index contributed by atoms with van der Waals surface area (Å²) in [6.07, 6.45) is 3.21. The second kappa shape index (κ2) is 6.75. The smallest absolute Gasteiger partial charge is 0.168 e. The van der Waals surface area contributed by atoms with Gasteiger partial charge in [0.2, 0.25) is 0 Å². The summed E-state index contributed by atoms with van der Waals surface area (Å²) in [7, 11) is 0. The fraction of sp³-hybridized carbons (Fsp3) is 0.412. The number of nitrogens with one attached hydrogen (secondary N) is 1. The summed E-state index contributed by atoms with van der Waals surface area (Å²) < 4.78 is 5.79. The van der Waals surface area contributed by atoms with Gasteiger partial charge >= 0.3 is 0 Å². The third kappa shape index (κ3) is 3.36. The number of hydrogen-bond acceptors (Lipinski definition) is 5. The normalized spacial score (nSPS) is 13.0. The highest BCUT2D eigenvalue weighted by molar-refractivity contribution is 5.48. The zero-order valence-electron chi connectivity index (χ0n) is 12.9. The number of rotatable bonds is 6. The first-order valence-corrected chi connectivity index (χ1v) is 7.78. The van der Waals surface area contributed by atoms with E-state index in [0.717, 1.165) is 48.9 Å². The molecule has 0 aliphatic heterocycles. The molecule has 22 heavy (non-hydrogen) atoms. The minimum atomic E-state index is 0.383. The summed E-state index contributed by atoms with van der Waals surface area (Å²) in [5.41, 5.74) is 9.19. The summed E-state index contributed by atoms with van der Waals surface area (Å²) in [6, 6.07) is 8.01. The Kier molecular flexibility index (Phi) is 4.53. The van der Waals surface area contributed by atoms with Crippen molar-refractivity contribution in [2.75, 3.05) is 18.4 Å². The molecule has 1 aromatic heterocycles. The van der Waals surface area contributed by atoms with Crippen LogP contribution in [0.2, 0.25) is 0 Å². The van der Waals surface area contributed by atoms with Crippen LogP contribution in [0.1, 0.15) is 29.1 Å². The second-order valence-corrected chi connectivity index (χ2v) is 5.58. The third-order valence-corrected chi connectivity index (χ3v) is 3.81. The van der Waals surface area contributed by atoms with Gasteiger partial charge in [-0.05, 0) is 38.3 Å². The zero-order valence-corrected chi connectivity index (χ0v) is 12.9. The summed E-state index contributed by atoms with van der Waals surface area (Å²) in [4.78, 5) is 9.26. The molecule has 1 aliphatic rings. The summed E-state index contributed by atoms with van der Waals surface area (Å²) in [5, 5.41) is 3.31. The van der Waals surface area contributed by atoms with Crippen LogP contribution in [0.4, 0.5) is 5.82 Å². The van der Waals surface area contributed by atoms with Crippen molar-refractivity contribution in [3.05, 3.63) is 46.9 Å². The van der Waals surface area contributed by atoms with Gasteiger partial charge in [-0.25, -0.2) is 9.97 Å². The number of fused-ring (bicyclic) bond motifs is 1. The van der Waals surface area contributed by atoms with Gasteiger partial charge < -0.3 is 15.8 Å². The predicted octanol–water partition coefficient (Wildman–Crippen LogP) is 2.22. The molecule has 0 amide bonds. The second-order valence-electron chi connectivity index (χ2n) is 5.58. The maximum Gasteiger partial charge on any atom is 0.168 e. The van der Waals surface area contributed by atoms with E-state index in [2.05, 4.69) is 22.2 Å². The Balaban J connectivity index is 1.74. The van der Waals surface area contributed by atoms with Gasteiger partial charge in [0.05, 0.1) is 0 Å². The van der Waals surface area contributed by atoms with Crippen LogP contribution in [-0.4, -0.2) is 23.1 Å². The Morgan fingerprint density at radius 1 is 1.18 bits per heavy atom. The standard InChI is InChI=1S/C17H22N4O/c1-12-5-7-13(8-6-12)22-11-16-20-15-4-2-3-14(15)17(21-16)19-10-9-18/h5-8H,2-4,9-11,18H2,1H3,(H,19,20,21). The van der Waals surface area contributed by atoms with E-state index in [1.54, 1.807) is 0 Å². The van der Waals surface area contributed by atoms with Gasteiger partial charge in [0.25, 0.3) is 0 Å². The maximum absolute atomic E-state index is 5.79. The number of nitrogens with zero attached hydrogens (tertiary/aromatic N) is 2.